The lowest BCUT2D eigenvalue weighted by Gasteiger charge is -2.07. The molecule has 0 radical (unpaired) electrons. The van der Waals surface area contributed by atoms with E-state index in [1.165, 1.54) is 23.5 Å². The molecule has 0 unspecified atom stereocenters. The molecule has 0 atom stereocenters. The van der Waals surface area contributed by atoms with E-state index in [1.807, 2.05) is 0 Å². The van der Waals surface area contributed by atoms with E-state index in [0.29, 0.717) is 5.56 Å². The summed E-state index contributed by atoms with van der Waals surface area (Å²) >= 11 is 1.31. The molecule has 5 nitrogen and oxygen atoms in total. The Labute approximate surface area is 117 Å². The fourth-order valence-electron chi connectivity index (χ4n) is 1.58. The number of carboxylic acid groups (broad SMARTS) is 1. The summed E-state index contributed by atoms with van der Waals surface area (Å²) in [6, 6.07) is 5.12. The van der Waals surface area contributed by atoms with Crippen molar-refractivity contribution in [2.45, 2.75) is 6.54 Å². The van der Waals surface area contributed by atoms with Gasteiger partial charge in [-0.2, -0.15) is 0 Å². The van der Waals surface area contributed by atoms with Gasteiger partial charge in [0.05, 0.1) is 16.8 Å². The van der Waals surface area contributed by atoms with E-state index in [9.17, 15) is 14.0 Å². The van der Waals surface area contributed by atoms with Crippen molar-refractivity contribution in [1.29, 1.82) is 0 Å². The number of hydrogen-bond acceptors (Lipinski definition) is 4. The van der Waals surface area contributed by atoms with Crippen LogP contribution >= 0.6 is 11.3 Å². The number of nitrogens with one attached hydrogen (secondary N) is 1. The van der Waals surface area contributed by atoms with E-state index in [4.69, 9.17) is 10.8 Å². The van der Waals surface area contributed by atoms with Crippen LogP contribution in [0, 0.1) is 5.82 Å². The van der Waals surface area contributed by atoms with Gasteiger partial charge in [0.1, 0.15) is 5.82 Å². The number of hydrogen-bond donors (Lipinski definition) is 3. The maximum Gasteiger partial charge on any atom is 0.335 e. The molecular weight excluding hydrogens is 283 g/mol. The molecular formula is C13H11FN2O3S. The second kappa shape index (κ2) is 5.70. The molecule has 1 aromatic carbocycles. The number of carboxylic acids is 1. The molecule has 0 aliphatic heterocycles. The third kappa shape index (κ3) is 3.12. The molecule has 0 bridgehead atoms. The van der Waals surface area contributed by atoms with Crippen molar-refractivity contribution < 1.29 is 19.1 Å². The molecule has 2 rings (SSSR count). The maximum absolute atomic E-state index is 13.5. The molecule has 0 aliphatic carbocycles. The Bertz CT molecular complexity index is 669. The van der Waals surface area contributed by atoms with Crippen molar-refractivity contribution >= 4 is 28.9 Å². The summed E-state index contributed by atoms with van der Waals surface area (Å²) in [4.78, 5) is 22.6. The fourth-order valence-corrected chi connectivity index (χ4v) is 2.39. The van der Waals surface area contributed by atoms with Gasteiger partial charge in [0.2, 0.25) is 5.91 Å². The number of carbonyl (C=O) groups is 2. The second-order valence-corrected chi connectivity index (χ2v) is 5.02. The number of benzene rings is 1. The summed E-state index contributed by atoms with van der Waals surface area (Å²) in [5.41, 5.74) is 5.62. The average molecular weight is 294 g/mol. The highest BCUT2D eigenvalue weighted by molar-refractivity contribution is 7.10. The molecule has 0 fully saturated rings. The van der Waals surface area contributed by atoms with Crippen LogP contribution in [0.15, 0.2) is 29.6 Å². The first-order valence-corrected chi connectivity index (χ1v) is 6.49. The van der Waals surface area contributed by atoms with Gasteiger partial charge < -0.3 is 16.2 Å². The molecule has 1 heterocycles. The fraction of sp³-hybridized carbons (Fsp3) is 0.0769. The number of aromatic carboxylic acids is 1. The zero-order chi connectivity index (χ0) is 14.7. The zero-order valence-electron chi connectivity index (χ0n) is 10.2. The minimum Gasteiger partial charge on any atom is -0.478 e. The van der Waals surface area contributed by atoms with E-state index in [-0.39, 0.29) is 17.8 Å². The normalized spacial score (nSPS) is 10.2. The van der Waals surface area contributed by atoms with Gasteiger partial charge in [-0.15, -0.1) is 11.3 Å². The Morgan fingerprint density at radius 3 is 2.65 bits per heavy atom. The number of thiophene rings is 1. The summed E-state index contributed by atoms with van der Waals surface area (Å²) in [5, 5.41) is 13.3. The van der Waals surface area contributed by atoms with Gasteiger partial charge in [-0.1, -0.05) is 0 Å². The Hall–Kier alpha value is -2.41. The summed E-state index contributed by atoms with van der Waals surface area (Å²) < 4.78 is 13.5. The molecule has 0 saturated heterocycles. The predicted octanol–water partition coefficient (Wildman–Crippen LogP) is 2.30. The molecule has 1 aromatic heterocycles. The highest BCUT2D eigenvalue weighted by Gasteiger charge is 2.09. The number of halogens is 1. The van der Waals surface area contributed by atoms with E-state index in [2.05, 4.69) is 5.32 Å². The molecule has 4 N–H and O–H groups in total. The molecule has 0 saturated carbocycles. The van der Waals surface area contributed by atoms with Crippen molar-refractivity contribution in [3.63, 3.8) is 0 Å². The first kappa shape index (κ1) is 14.0. The molecule has 0 spiro atoms. The number of nitrogens with two attached hydrogens (primary N) is 1. The molecule has 1 amide bonds. The van der Waals surface area contributed by atoms with Gasteiger partial charge in [-0.05, 0) is 24.3 Å². The van der Waals surface area contributed by atoms with E-state index in [1.54, 1.807) is 11.4 Å². The van der Waals surface area contributed by atoms with Crippen LogP contribution < -0.4 is 11.1 Å². The summed E-state index contributed by atoms with van der Waals surface area (Å²) in [7, 11) is 0. The minimum absolute atomic E-state index is 0.00194. The van der Waals surface area contributed by atoms with Gasteiger partial charge in [-0.25, -0.2) is 9.18 Å². The summed E-state index contributed by atoms with van der Waals surface area (Å²) in [6.07, 6.45) is 0. The van der Waals surface area contributed by atoms with Crippen LogP contribution in [0.1, 0.15) is 25.6 Å². The monoisotopic (exact) mass is 294 g/mol. The summed E-state index contributed by atoms with van der Waals surface area (Å²) in [6.45, 7) is 0.276. The van der Waals surface area contributed by atoms with Gasteiger partial charge >= 0.3 is 5.97 Å². The van der Waals surface area contributed by atoms with Gasteiger partial charge in [0, 0.05) is 16.8 Å². The van der Waals surface area contributed by atoms with Crippen molar-refractivity contribution in [3.05, 3.63) is 51.5 Å². The smallest absolute Gasteiger partial charge is 0.335 e. The van der Waals surface area contributed by atoms with Crippen LogP contribution in [0.4, 0.5) is 10.1 Å². The van der Waals surface area contributed by atoms with Crippen LogP contribution in [0.3, 0.4) is 0 Å². The van der Waals surface area contributed by atoms with E-state index < -0.39 is 17.7 Å². The quantitative estimate of drug-likeness (QED) is 0.789. The second-order valence-electron chi connectivity index (χ2n) is 4.02. The number of carbonyl (C=O) groups excluding carboxylic acids is 1. The Morgan fingerprint density at radius 1 is 1.30 bits per heavy atom. The topological polar surface area (TPSA) is 92.4 Å². The lowest BCUT2D eigenvalue weighted by Crippen LogP contribution is -2.09. The third-order valence-corrected chi connectivity index (χ3v) is 3.54. The molecule has 20 heavy (non-hydrogen) atoms. The van der Waals surface area contributed by atoms with Crippen molar-refractivity contribution in [2.75, 3.05) is 5.32 Å². The number of primary amides is 1. The number of amides is 1. The third-order valence-electron chi connectivity index (χ3n) is 2.60. The maximum atomic E-state index is 13.5. The SMILES string of the molecule is NC(=O)c1csc(CNc2cc(C(=O)O)ccc2F)c1. The van der Waals surface area contributed by atoms with Gasteiger partial charge in [-0.3, -0.25) is 4.79 Å². The largest absolute Gasteiger partial charge is 0.478 e. The lowest BCUT2D eigenvalue weighted by molar-refractivity contribution is 0.0696. The predicted molar refractivity (Wildman–Crippen MR) is 73.5 cm³/mol. The molecule has 0 aliphatic rings. The van der Waals surface area contributed by atoms with Gasteiger partial charge in [0.25, 0.3) is 0 Å². The van der Waals surface area contributed by atoms with Crippen LogP contribution in [0.5, 0.6) is 0 Å². The summed E-state index contributed by atoms with van der Waals surface area (Å²) in [5.74, 6) is -2.19. The first-order valence-electron chi connectivity index (χ1n) is 5.61. The first-order chi connectivity index (χ1) is 9.47. The Morgan fingerprint density at radius 2 is 2.05 bits per heavy atom. The number of anilines is 1. The standard InChI is InChI=1S/C13H11FN2O3S/c14-10-2-1-7(13(18)19)4-11(10)16-5-9-3-8(6-20-9)12(15)17/h1-4,6,16H,5H2,(H2,15,17)(H,18,19). The highest BCUT2D eigenvalue weighted by atomic mass is 32.1. The highest BCUT2D eigenvalue weighted by Crippen LogP contribution is 2.20. The van der Waals surface area contributed by atoms with Gasteiger partial charge in [0.15, 0.2) is 0 Å². The Balaban J connectivity index is 2.11. The van der Waals surface area contributed by atoms with Crippen LogP contribution in [0.2, 0.25) is 0 Å². The molecule has 7 heteroatoms. The molecule has 104 valence electrons. The van der Waals surface area contributed by atoms with Crippen molar-refractivity contribution in [1.82, 2.24) is 0 Å². The van der Waals surface area contributed by atoms with E-state index >= 15 is 0 Å². The lowest BCUT2D eigenvalue weighted by atomic mass is 10.2. The van der Waals surface area contributed by atoms with Crippen LogP contribution in [-0.2, 0) is 6.54 Å². The van der Waals surface area contributed by atoms with E-state index in [0.717, 1.165) is 10.9 Å². The van der Waals surface area contributed by atoms with Crippen molar-refractivity contribution in [2.24, 2.45) is 5.73 Å². The zero-order valence-corrected chi connectivity index (χ0v) is 11.0. The molecule has 2 aromatic rings. The van der Waals surface area contributed by atoms with Crippen LogP contribution in [-0.4, -0.2) is 17.0 Å². The average Bonchev–Trinajstić information content (AvgIpc) is 2.86. The Kier molecular flexibility index (Phi) is 3.99. The van der Waals surface area contributed by atoms with Crippen molar-refractivity contribution in [3.8, 4) is 0 Å². The number of rotatable bonds is 5. The van der Waals surface area contributed by atoms with Crippen LogP contribution in [0.25, 0.3) is 0 Å². The minimum atomic E-state index is -1.12.